The van der Waals surface area contributed by atoms with Gasteiger partial charge in [0.05, 0.1) is 24.2 Å². The summed E-state index contributed by atoms with van der Waals surface area (Å²) in [4.78, 5) is 25.4. The molecule has 5 unspecified atom stereocenters. The summed E-state index contributed by atoms with van der Waals surface area (Å²) in [5.74, 6) is 0.108. The molecule has 26 heavy (non-hydrogen) atoms. The predicted molar refractivity (Wildman–Crippen MR) is 99.0 cm³/mol. The number of carbonyl (C=O) groups excluding carboxylic acids is 2. The van der Waals surface area contributed by atoms with Gasteiger partial charge in [-0.3, -0.25) is 9.59 Å². The van der Waals surface area contributed by atoms with Crippen LogP contribution < -0.4 is 4.74 Å². The van der Waals surface area contributed by atoms with E-state index in [1.54, 1.807) is 18.2 Å². The molecule has 1 heterocycles. The second-order valence-electron chi connectivity index (χ2n) is 7.25. The number of ether oxygens (including phenoxy) is 1. The smallest absolute Gasteiger partial charge is 0.254 e. The van der Waals surface area contributed by atoms with Gasteiger partial charge in [0.25, 0.3) is 11.8 Å². The summed E-state index contributed by atoms with van der Waals surface area (Å²) in [5, 5.41) is 5.79. The van der Waals surface area contributed by atoms with Crippen LogP contribution in [0, 0.1) is 23.7 Å². The molecular formula is C20H21ClN2O3. The van der Waals surface area contributed by atoms with E-state index < -0.39 is 0 Å². The van der Waals surface area contributed by atoms with Gasteiger partial charge in [0, 0.05) is 10.6 Å². The lowest BCUT2D eigenvalue weighted by atomic mass is 9.85. The minimum absolute atomic E-state index is 0.0411. The average molecular weight is 373 g/mol. The number of hydrogen-bond acceptors (Lipinski definition) is 4. The molecule has 1 aromatic rings. The van der Waals surface area contributed by atoms with Crippen LogP contribution in [0.2, 0.25) is 5.02 Å². The van der Waals surface area contributed by atoms with Gasteiger partial charge in [0.2, 0.25) is 0 Å². The zero-order chi connectivity index (χ0) is 18.4. The molecule has 2 amide bonds. The van der Waals surface area contributed by atoms with Crippen molar-refractivity contribution in [3.63, 3.8) is 0 Å². The van der Waals surface area contributed by atoms with Crippen molar-refractivity contribution in [3.05, 3.63) is 40.9 Å². The molecule has 0 spiro atoms. The largest absolute Gasteiger partial charge is 0.490 e. The van der Waals surface area contributed by atoms with E-state index in [2.05, 4.69) is 17.3 Å². The minimum Gasteiger partial charge on any atom is -0.490 e. The number of fused-ring (bicyclic) bond motifs is 5. The molecule has 1 aromatic carbocycles. The number of allylic oxidation sites excluding steroid dienone is 2. The van der Waals surface area contributed by atoms with E-state index in [9.17, 15) is 9.59 Å². The number of hydrazone groups is 1. The van der Waals surface area contributed by atoms with Gasteiger partial charge in [-0.2, -0.15) is 10.1 Å². The standard InChI is InChI=1S/C20H21ClN2O3/c1-3-11(2)26-16-7-6-15(21)9-14(16)10-22-23-19(24)17-12-4-5-13(8-12)18(17)20(23)25/h4-7,9-13,17-18H,3,8H2,1-2H3. The van der Waals surface area contributed by atoms with Gasteiger partial charge >= 0.3 is 0 Å². The van der Waals surface area contributed by atoms with Crippen molar-refractivity contribution in [2.75, 3.05) is 0 Å². The Morgan fingerprint density at radius 2 is 1.92 bits per heavy atom. The maximum absolute atomic E-state index is 12.7. The fourth-order valence-corrected chi connectivity index (χ4v) is 4.33. The molecule has 5 atom stereocenters. The first-order chi connectivity index (χ1) is 12.5. The monoisotopic (exact) mass is 372 g/mol. The topological polar surface area (TPSA) is 59.0 Å². The molecule has 0 radical (unpaired) electrons. The maximum Gasteiger partial charge on any atom is 0.254 e. The molecule has 136 valence electrons. The molecular weight excluding hydrogens is 352 g/mol. The summed E-state index contributed by atoms with van der Waals surface area (Å²) in [6.07, 6.45) is 7.45. The van der Waals surface area contributed by atoms with Crippen LogP contribution in [0.15, 0.2) is 35.5 Å². The van der Waals surface area contributed by atoms with E-state index in [-0.39, 0.29) is 41.6 Å². The molecule has 6 heteroatoms. The van der Waals surface area contributed by atoms with E-state index in [0.29, 0.717) is 16.3 Å². The van der Waals surface area contributed by atoms with Gasteiger partial charge in [0.1, 0.15) is 5.75 Å². The maximum atomic E-state index is 12.7. The Bertz CT molecular complexity index is 789. The zero-order valence-electron chi connectivity index (χ0n) is 14.8. The number of halogens is 1. The molecule has 1 saturated heterocycles. The quantitative estimate of drug-likeness (QED) is 0.450. The van der Waals surface area contributed by atoms with Crippen molar-refractivity contribution in [1.82, 2.24) is 5.01 Å². The van der Waals surface area contributed by atoms with Gasteiger partial charge in [-0.25, -0.2) is 0 Å². The Morgan fingerprint density at radius 3 is 2.54 bits per heavy atom. The van der Waals surface area contributed by atoms with Gasteiger partial charge in [0.15, 0.2) is 0 Å². The minimum atomic E-state index is -0.246. The summed E-state index contributed by atoms with van der Waals surface area (Å²) >= 11 is 6.09. The number of nitrogens with zero attached hydrogens (tertiary/aromatic N) is 2. The number of carbonyl (C=O) groups is 2. The highest BCUT2D eigenvalue weighted by Gasteiger charge is 2.59. The number of imide groups is 1. The molecule has 1 saturated carbocycles. The summed E-state index contributed by atoms with van der Waals surface area (Å²) in [6.45, 7) is 4.02. The van der Waals surface area contributed by atoms with Gasteiger partial charge in [-0.05, 0) is 49.8 Å². The van der Waals surface area contributed by atoms with Crippen LogP contribution in [0.1, 0.15) is 32.3 Å². The van der Waals surface area contributed by atoms with E-state index in [0.717, 1.165) is 17.9 Å². The number of benzene rings is 1. The highest BCUT2D eigenvalue weighted by atomic mass is 35.5. The third kappa shape index (κ3) is 2.75. The summed E-state index contributed by atoms with van der Waals surface area (Å²) in [5.41, 5.74) is 0.650. The lowest BCUT2D eigenvalue weighted by Gasteiger charge is -2.15. The summed E-state index contributed by atoms with van der Waals surface area (Å²) in [7, 11) is 0. The Kier molecular flexibility index (Phi) is 4.35. The Morgan fingerprint density at radius 1 is 1.27 bits per heavy atom. The summed E-state index contributed by atoms with van der Waals surface area (Å²) < 4.78 is 5.89. The fourth-order valence-electron chi connectivity index (χ4n) is 4.15. The Labute approximate surface area is 157 Å². The summed E-state index contributed by atoms with van der Waals surface area (Å²) in [6, 6.07) is 5.25. The molecule has 0 N–H and O–H groups in total. The first-order valence-electron chi connectivity index (χ1n) is 9.06. The first-order valence-corrected chi connectivity index (χ1v) is 9.43. The number of rotatable bonds is 5. The van der Waals surface area contributed by atoms with Crippen molar-refractivity contribution < 1.29 is 14.3 Å². The SMILES string of the molecule is CCC(C)Oc1ccc(Cl)cc1C=NN1C(=O)C2C3C=CC(C3)C2C1=O. The van der Waals surface area contributed by atoms with Gasteiger partial charge < -0.3 is 4.74 Å². The van der Waals surface area contributed by atoms with Crippen LogP contribution in [0.5, 0.6) is 5.75 Å². The van der Waals surface area contributed by atoms with Crippen LogP contribution >= 0.6 is 11.6 Å². The molecule has 2 bridgehead atoms. The van der Waals surface area contributed by atoms with Crippen LogP contribution in [0.25, 0.3) is 0 Å². The van der Waals surface area contributed by atoms with Crippen molar-refractivity contribution in [1.29, 1.82) is 0 Å². The molecule has 3 aliphatic rings. The van der Waals surface area contributed by atoms with Crippen molar-refractivity contribution in [2.24, 2.45) is 28.8 Å². The third-order valence-corrected chi connectivity index (χ3v) is 5.87. The van der Waals surface area contributed by atoms with E-state index in [1.165, 1.54) is 6.21 Å². The normalized spacial score (nSPS) is 30.5. The number of hydrogen-bond donors (Lipinski definition) is 0. The lowest BCUT2D eigenvalue weighted by molar-refractivity contribution is -0.140. The molecule has 2 fully saturated rings. The van der Waals surface area contributed by atoms with Gasteiger partial charge in [-0.15, -0.1) is 0 Å². The molecule has 2 aliphatic carbocycles. The van der Waals surface area contributed by atoms with Crippen LogP contribution in [0.4, 0.5) is 0 Å². The average Bonchev–Trinajstić information content (AvgIpc) is 3.30. The third-order valence-electron chi connectivity index (χ3n) is 5.63. The number of amides is 2. The molecule has 0 aromatic heterocycles. The van der Waals surface area contributed by atoms with Crippen LogP contribution in [0.3, 0.4) is 0 Å². The first kappa shape index (κ1) is 17.3. The Balaban J connectivity index is 1.58. The molecule has 5 nitrogen and oxygen atoms in total. The second kappa shape index (κ2) is 6.54. The van der Waals surface area contributed by atoms with Crippen molar-refractivity contribution in [2.45, 2.75) is 32.8 Å². The van der Waals surface area contributed by atoms with E-state index in [1.807, 2.05) is 13.8 Å². The van der Waals surface area contributed by atoms with Crippen molar-refractivity contribution >= 4 is 29.6 Å². The van der Waals surface area contributed by atoms with E-state index in [4.69, 9.17) is 16.3 Å². The fraction of sp³-hybridized carbons (Fsp3) is 0.450. The predicted octanol–water partition coefficient (Wildman–Crippen LogP) is 3.66. The van der Waals surface area contributed by atoms with Crippen LogP contribution in [-0.2, 0) is 9.59 Å². The highest BCUT2D eigenvalue weighted by molar-refractivity contribution is 6.31. The van der Waals surface area contributed by atoms with Crippen LogP contribution in [-0.4, -0.2) is 29.1 Å². The second-order valence-corrected chi connectivity index (χ2v) is 7.69. The Hall–Kier alpha value is -2.14. The molecule has 1 aliphatic heterocycles. The zero-order valence-corrected chi connectivity index (χ0v) is 15.5. The van der Waals surface area contributed by atoms with E-state index >= 15 is 0 Å². The highest BCUT2D eigenvalue weighted by Crippen LogP contribution is 2.52. The lowest BCUT2D eigenvalue weighted by Crippen LogP contribution is -2.28. The van der Waals surface area contributed by atoms with Crippen molar-refractivity contribution in [3.8, 4) is 5.75 Å². The molecule has 4 rings (SSSR count). The van der Waals surface area contributed by atoms with Gasteiger partial charge in [-0.1, -0.05) is 30.7 Å².